The van der Waals surface area contributed by atoms with Crippen LogP contribution >= 0.6 is 11.8 Å². The first-order valence-electron chi connectivity index (χ1n) is 9.81. The second kappa shape index (κ2) is 10.4. The molecular formula is C19H27N7O3S. The number of thioether (sulfide) groups is 1. The second-order valence-corrected chi connectivity index (χ2v) is 7.87. The van der Waals surface area contributed by atoms with E-state index in [2.05, 4.69) is 37.8 Å². The Morgan fingerprint density at radius 2 is 2.13 bits per heavy atom. The number of nitrogens with zero attached hydrogens (tertiary/aromatic N) is 5. The first-order valence-corrected chi connectivity index (χ1v) is 10.8. The highest BCUT2D eigenvalue weighted by Crippen LogP contribution is 2.24. The summed E-state index contributed by atoms with van der Waals surface area (Å²) in [6, 6.07) is 0. The normalized spacial score (nSPS) is 11.2. The standard InChI is InChI=1S/C19H27N7O3S/c1-5-30-19-23-17(21-7-9-28-4)15-11-22-26(18(15)24-19)8-6-20-16(27)10-14-12(2)25-29-13(14)3/h11H,5-10H2,1-4H3,(H,20,27)(H,21,23,24). The van der Waals surface area contributed by atoms with E-state index in [0.29, 0.717) is 37.2 Å². The van der Waals surface area contributed by atoms with Crippen LogP contribution in [0.5, 0.6) is 0 Å². The third-order valence-electron chi connectivity index (χ3n) is 4.51. The van der Waals surface area contributed by atoms with Crippen LogP contribution < -0.4 is 10.6 Å². The van der Waals surface area contributed by atoms with Gasteiger partial charge in [-0.2, -0.15) is 5.10 Å². The van der Waals surface area contributed by atoms with Crippen LogP contribution in [0.4, 0.5) is 5.82 Å². The Kier molecular flexibility index (Phi) is 7.63. The summed E-state index contributed by atoms with van der Waals surface area (Å²) in [5, 5.41) is 16.1. The lowest BCUT2D eigenvalue weighted by Gasteiger charge is -2.09. The SMILES string of the molecule is CCSc1nc(NCCOC)c2cnn(CCNC(=O)Cc3c(C)noc3C)c2n1. The van der Waals surface area contributed by atoms with Crippen molar-refractivity contribution in [3.8, 4) is 0 Å². The van der Waals surface area contributed by atoms with Crippen LogP contribution in [0.2, 0.25) is 0 Å². The summed E-state index contributed by atoms with van der Waals surface area (Å²) in [5.74, 6) is 2.20. The number of hydrogen-bond acceptors (Lipinski definition) is 9. The van der Waals surface area contributed by atoms with Gasteiger partial charge in [0.05, 0.1) is 36.8 Å². The highest BCUT2D eigenvalue weighted by atomic mass is 32.2. The van der Waals surface area contributed by atoms with Gasteiger partial charge in [-0.1, -0.05) is 23.8 Å². The Morgan fingerprint density at radius 1 is 1.30 bits per heavy atom. The molecular weight excluding hydrogens is 406 g/mol. The molecule has 0 atom stereocenters. The lowest BCUT2D eigenvalue weighted by Crippen LogP contribution is -2.29. The van der Waals surface area contributed by atoms with Crippen molar-refractivity contribution in [1.82, 2.24) is 30.2 Å². The van der Waals surface area contributed by atoms with Gasteiger partial charge in [0.1, 0.15) is 11.6 Å². The van der Waals surface area contributed by atoms with Gasteiger partial charge in [0.15, 0.2) is 10.8 Å². The Morgan fingerprint density at radius 3 is 2.83 bits per heavy atom. The molecule has 0 unspecified atom stereocenters. The maximum atomic E-state index is 12.3. The van der Waals surface area contributed by atoms with E-state index in [0.717, 1.165) is 33.9 Å². The number of fused-ring (bicyclic) bond motifs is 1. The Labute approximate surface area is 179 Å². The van der Waals surface area contributed by atoms with Crippen LogP contribution in [0.1, 0.15) is 23.9 Å². The lowest BCUT2D eigenvalue weighted by atomic mass is 10.1. The number of amides is 1. The minimum Gasteiger partial charge on any atom is -0.383 e. The number of anilines is 1. The van der Waals surface area contributed by atoms with Crippen molar-refractivity contribution in [2.75, 3.05) is 37.9 Å². The van der Waals surface area contributed by atoms with Gasteiger partial charge < -0.3 is 19.9 Å². The number of aryl methyl sites for hydroxylation is 2. The van der Waals surface area contributed by atoms with Crippen LogP contribution in [0.25, 0.3) is 11.0 Å². The largest absolute Gasteiger partial charge is 0.383 e. The molecule has 162 valence electrons. The van der Waals surface area contributed by atoms with Crippen molar-refractivity contribution in [2.45, 2.75) is 38.9 Å². The minimum atomic E-state index is -0.0837. The molecule has 30 heavy (non-hydrogen) atoms. The molecule has 11 heteroatoms. The van der Waals surface area contributed by atoms with Gasteiger partial charge in [0.2, 0.25) is 5.91 Å². The first-order chi connectivity index (χ1) is 14.5. The van der Waals surface area contributed by atoms with E-state index in [9.17, 15) is 4.79 Å². The van der Waals surface area contributed by atoms with Crippen LogP contribution in [0, 0.1) is 13.8 Å². The van der Waals surface area contributed by atoms with Gasteiger partial charge in [-0.05, 0) is 19.6 Å². The molecule has 0 aromatic carbocycles. The van der Waals surface area contributed by atoms with Crippen molar-refractivity contribution in [2.24, 2.45) is 0 Å². The molecule has 0 radical (unpaired) electrons. The van der Waals surface area contributed by atoms with Crippen molar-refractivity contribution < 1.29 is 14.1 Å². The average molecular weight is 434 g/mol. The molecule has 0 aliphatic rings. The van der Waals surface area contributed by atoms with Crippen LogP contribution in [0.15, 0.2) is 15.9 Å². The number of nitrogens with one attached hydrogen (secondary N) is 2. The summed E-state index contributed by atoms with van der Waals surface area (Å²) in [7, 11) is 1.66. The summed E-state index contributed by atoms with van der Waals surface area (Å²) in [4.78, 5) is 21.5. The molecule has 0 aliphatic heterocycles. The van der Waals surface area contributed by atoms with E-state index >= 15 is 0 Å². The Bertz CT molecular complexity index is 982. The number of carbonyl (C=O) groups is 1. The molecule has 0 spiro atoms. The summed E-state index contributed by atoms with van der Waals surface area (Å²) < 4.78 is 12.0. The zero-order valence-corrected chi connectivity index (χ0v) is 18.5. The highest BCUT2D eigenvalue weighted by Gasteiger charge is 2.15. The Hall–Kier alpha value is -2.66. The monoisotopic (exact) mass is 433 g/mol. The molecule has 0 bridgehead atoms. The van der Waals surface area contributed by atoms with Crippen molar-refractivity contribution in [3.05, 3.63) is 23.2 Å². The topological polar surface area (TPSA) is 120 Å². The summed E-state index contributed by atoms with van der Waals surface area (Å²) in [6.07, 6.45) is 1.99. The summed E-state index contributed by atoms with van der Waals surface area (Å²) in [6.45, 7) is 7.85. The number of rotatable bonds is 11. The fourth-order valence-electron chi connectivity index (χ4n) is 2.98. The van der Waals surface area contributed by atoms with Crippen LogP contribution in [-0.2, 0) is 22.5 Å². The summed E-state index contributed by atoms with van der Waals surface area (Å²) in [5.41, 5.74) is 2.31. The van der Waals surface area contributed by atoms with Crippen LogP contribution in [0.3, 0.4) is 0 Å². The number of hydrogen-bond donors (Lipinski definition) is 2. The predicted molar refractivity (Wildman–Crippen MR) is 115 cm³/mol. The zero-order valence-electron chi connectivity index (χ0n) is 17.7. The molecule has 3 aromatic heterocycles. The van der Waals surface area contributed by atoms with Crippen molar-refractivity contribution in [1.29, 1.82) is 0 Å². The van der Waals surface area contributed by atoms with Crippen molar-refractivity contribution >= 4 is 34.5 Å². The number of aromatic nitrogens is 5. The maximum absolute atomic E-state index is 12.3. The molecule has 0 fully saturated rings. The van der Waals surface area contributed by atoms with Crippen LogP contribution in [-0.4, -0.2) is 63.4 Å². The van der Waals surface area contributed by atoms with Gasteiger partial charge in [0, 0.05) is 25.8 Å². The molecule has 3 rings (SSSR count). The van der Waals surface area contributed by atoms with E-state index in [1.807, 2.05) is 13.8 Å². The third-order valence-corrected chi connectivity index (χ3v) is 5.24. The molecule has 1 amide bonds. The maximum Gasteiger partial charge on any atom is 0.224 e. The lowest BCUT2D eigenvalue weighted by molar-refractivity contribution is -0.120. The number of ether oxygens (including phenoxy) is 1. The van der Waals surface area contributed by atoms with E-state index in [-0.39, 0.29) is 12.3 Å². The van der Waals surface area contributed by atoms with Gasteiger partial charge in [-0.3, -0.25) is 4.79 Å². The third kappa shape index (κ3) is 5.28. The highest BCUT2D eigenvalue weighted by molar-refractivity contribution is 7.99. The number of carbonyl (C=O) groups excluding carboxylic acids is 1. The molecule has 10 nitrogen and oxygen atoms in total. The zero-order chi connectivity index (χ0) is 21.5. The van der Waals surface area contributed by atoms with E-state index in [1.165, 1.54) is 0 Å². The number of methoxy groups -OCH3 is 1. The molecule has 0 saturated carbocycles. The molecule has 3 aromatic rings. The predicted octanol–water partition coefficient (Wildman–Crippen LogP) is 1.96. The van der Waals surface area contributed by atoms with Gasteiger partial charge in [0.25, 0.3) is 0 Å². The summed E-state index contributed by atoms with van der Waals surface area (Å²) >= 11 is 1.57. The van der Waals surface area contributed by atoms with Gasteiger partial charge >= 0.3 is 0 Å². The second-order valence-electron chi connectivity index (χ2n) is 6.64. The molecule has 3 heterocycles. The fraction of sp³-hybridized carbons (Fsp3) is 0.526. The molecule has 2 N–H and O–H groups in total. The van der Waals surface area contributed by atoms with E-state index < -0.39 is 0 Å². The van der Waals surface area contributed by atoms with Crippen molar-refractivity contribution in [3.63, 3.8) is 0 Å². The van der Waals surface area contributed by atoms with E-state index in [4.69, 9.17) is 9.26 Å². The molecule has 0 saturated heterocycles. The van der Waals surface area contributed by atoms with E-state index in [1.54, 1.807) is 29.8 Å². The Balaban J connectivity index is 1.67. The molecule has 0 aliphatic carbocycles. The van der Waals surface area contributed by atoms with Gasteiger partial charge in [-0.15, -0.1) is 0 Å². The average Bonchev–Trinajstić information content (AvgIpc) is 3.27. The minimum absolute atomic E-state index is 0.0837. The fourth-order valence-corrected chi connectivity index (χ4v) is 3.54. The quantitative estimate of drug-likeness (QED) is 0.265. The first kappa shape index (κ1) is 22.0. The smallest absolute Gasteiger partial charge is 0.224 e. The van der Waals surface area contributed by atoms with Gasteiger partial charge in [-0.25, -0.2) is 14.6 Å².